The van der Waals surface area contributed by atoms with Crippen molar-refractivity contribution in [1.82, 2.24) is 29.7 Å². The fourth-order valence-corrected chi connectivity index (χ4v) is 10.5. The second-order valence-corrected chi connectivity index (χ2v) is 16.7. The van der Waals surface area contributed by atoms with Crippen molar-refractivity contribution < 1.29 is 22.7 Å². The van der Waals surface area contributed by atoms with Gasteiger partial charge >= 0.3 is 6.61 Å². The fourth-order valence-electron chi connectivity index (χ4n) is 10.1. The number of pyridine rings is 1. The van der Waals surface area contributed by atoms with Gasteiger partial charge < -0.3 is 24.4 Å². The van der Waals surface area contributed by atoms with Gasteiger partial charge in [-0.25, -0.2) is 19.3 Å². The van der Waals surface area contributed by atoms with E-state index in [1.165, 1.54) is 12.4 Å². The predicted octanol–water partition coefficient (Wildman–Crippen LogP) is 8.18. The number of nitriles is 1. The molecule has 6 unspecified atom stereocenters. The number of nitrogens with one attached hydrogen (secondary N) is 1. The molecule has 11 rings (SSSR count). The van der Waals surface area contributed by atoms with Crippen LogP contribution in [0.15, 0.2) is 42.7 Å². The van der Waals surface area contributed by atoms with Crippen LogP contribution in [0.2, 0.25) is 10.0 Å². The average molecular weight is 802 g/mol. The Labute approximate surface area is 330 Å². The lowest BCUT2D eigenvalue weighted by Gasteiger charge is -2.40. The van der Waals surface area contributed by atoms with Crippen molar-refractivity contribution in [2.24, 2.45) is 17.8 Å². The molecule has 10 nitrogen and oxygen atoms in total. The molecule has 6 aliphatic rings. The number of anilines is 1. The van der Waals surface area contributed by atoms with Crippen LogP contribution in [0.4, 0.5) is 19.1 Å². The van der Waals surface area contributed by atoms with E-state index in [0.29, 0.717) is 58.6 Å². The Bertz CT molecular complexity index is 2460. The summed E-state index contributed by atoms with van der Waals surface area (Å²) in [5, 5.41) is 15.4. The molecule has 7 heterocycles. The maximum absolute atomic E-state index is 17.3. The van der Waals surface area contributed by atoms with Crippen molar-refractivity contribution in [3.8, 4) is 22.9 Å². The number of alkyl halides is 2. The molecule has 3 aromatic heterocycles. The zero-order valence-corrected chi connectivity index (χ0v) is 31.9. The van der Waals surface area contributed by atoms with Crippen LogP contribution >= 0.6 is 23.2 Å². The third-order valence-electron chi connectivity index (χ3n) is 12.6. The van der Waals surface area contributed by atoms with Gasteiger partial charge in [0.05, 0.1) is 52.2 Å². The van der Waals surface area contributed by atoms with Gasteiger partial charge in [0.2, 0.25) is 11.9 Å². The van der Waals surface area contributed by atoms with E-state index in [2.05, 4.69) is 41.6 Å². The fraction of sp³-hybridized carbons (Fsp3) is 0.439. The third kappa shape index (κ3) is 5.62. The van der Waals surface area contributed by atoms with Gasteiger partial charge in [0.25, 0.3) is 0 Å². The third-order valence-corrected chi connectivity index (χ3v) is 13.5. The number of amides is 1. The van der Waals surface area contributed by atoms with Crippen LogP contribution in [0, 0.1) is 41.8 Å². The Hall–Kier alpha value is -4.64. The summed E-state index contributed by atoms with van der Waals surface area (Å²) in [7, 11) is 0. The first-order valence-electron chi connectivity index (χ1n) is 19.2. The van der Waals surface area contributed by atoms with E-state index in [9.17, 15) is 18.8 Å². The maximum Gasteiger partial charge on any atom is 0.387 e. The zero-order chi connectivity index (χ0) is 38.6. The molecular weight excluding hydrogens is 764 g/mol. The zero-order valence-electron chi connectivity index (χ0n) is 30.4. The minimum atomic E-state index is -2.98. The highest BCUT2D eigenvalue weighted by atomic mass is 35.5. The molecule has 56 heavy (non-hydrogen) atoms. The molecule has 4 aliphatic heterocycles. The molecule has 6 fully saturated rings. The van der Waals surface area contributed by atoms with Crippen molar-refractivity contribution in [2.45, 2.75) is 76.2 Å². The summed E-state index contributed by atoms with van der Waals surface area (Å²) in [5.74, 6) is 0.240. The van der Waals surface area contributed by atoms with E-state index >= 15 is 4.39 Å². The largest absolute Gasteiger partial charge is 0.432 e. The molecule has 288 valence electrons. The predicted molar refractivity (Wildman–Crippen MR) is 205 cm³/mol. The molecule has 2 aliphatic carbocycles. The number of hydrogen-bond donors (Lipinski definition) is 1. The summed E-state index contributed by atoms with van der Waals surface area (Å²) in [6.07, 6.45) is 6.51. The van der Waals surface area contributed by atoms with Crippen LogP contribution in [0.25, 0.3) is 32.9 Å². The summed E-state index contributed by atoms with van der Waals surface area (Å²) in [6, 6.07) is 11.4. The van der Waals surface area contributed by atoms with Gasteiger partial charge in [-0.1, -0.05) is 35.3 Å². The number of piperidine rings is 1. The molecule has 1 amide bonds. The molecule has 2 aromatic carbocycles. The molecule has 4 bridgehead atoms. The first-order valence-corrected chi connectivity index (χ1v) is 19.9. The lowest BCUT2D eigenvalue weighted by atomic mass is 9.79. The summed E-state index contributed by atoms with van der Waals surface area (Å²) < 4.78 is 49.9. The molecule has 5 aromatic rings. The van der Waals surface area contributed by atoms with Crippen LogP contribution in [-0.2, 0) is 11.2 Å². The highest BCUT2D eigenvalue weighted by Crippen LogP contribution is 2.54. The molecular formula is C41H37Cl2F3N8O2. The Morgan fingerprint density at radius 3 is 2.61 bits per heavy atom. The van der Waals surface area contributed by atoms with E-state index < -0.39 is 12.4 Å². The van der Waals surface area contributed by atoms with Crippen molar-refractivity contribution in [3.63, 3.8) is 0 Å². The molecule has 4 saturated heterocycles. The minimum Gasteiger partial charge on any atom is -0.432 e. The van der Waals surface area contributed by atoms with E-state index in [1.807, 2.05) is 17.9 Å². The summed E-state index contributed by atoms with van der Waals surface area (Å²) in [4.78, 5) is 32.2. The highest BCUT2D eigenvalue weighted by molar-refractivity contribution is 6.43. The monoisotopic (exact) mass is 800 g/mol. The molecule has 0 radical (unpaired) electrons. The first kappa shape index (κ1) is 35.8. The first-order chi connectivity index (χ1) is 27.1. The number of likely N-dealkylation sites (tertiary alicyclic amines) is 1. The van der Waals surface area contributed by atoms with Crippen molar-refractivity contribution in [3.05, 3.63) is 75.5 Å². The number of carbonyl (C=O) groups excluding carboxylic acids is 1. The number of fused-ring (bicyclic) bond motifs is 6. The van der Waals surface area contributed by atoms with E-state index in [0.717, 1.165) is 48.8 Å². The summed E-state index contributed by atoms with van der Waals surface area (Å²) in [6.45, 7) is 0.845. The molecule has 6 atom stereocenters. The normalized spacial score (nSPS) is 25.3. The Balaban J connectivity index is 1.17. The number of benzene rings is 2. The second kappa shape index (κ2) is 13.5. The van der Waals surface area contributed by atoms with Gasteiger partial charge in [0.15, 0.2) is 11.6 Å². The minimum absolute atomic E-state index is 0.00446. The highest BCUT2D eigenvalue weighted by Gasteiger charge is 2.55. The van der Waals surface area contributed by atoms with E-state index in [1.54, 1.807) is 18.2 Å². The van der Waals surface area contributed by atoms with Crippen LogP contribution in [-0.4, -0.2) is 68.7 Å². The standard InChI is InChI=1S/C41H37Cl2F3N8O2/c1-19-27-13-31(37-23-10-24(53(37)39(55)20-7-8-20)18-52(17-23)41-49-15-25(16-50-41)56-40(45)46)54(36-22-12-30(36)48-14-22)38(27)28-11-21(4-3-9-47)32(34(44)35(28)51-19)26-5-2-6-29(42)33(26)43/h2,5-6,11,13,15-16,20,22-24,30,36-37,40,48H,3-4,7-8,10,12,14,17-18H2,1H3. The Morgan fingerprint density at radius 2 is 1.91 bits per heavy atom. The van der Waals surface area contributed by atoms with Crippen LogP contribution in [0.1, 0.15) is 61.1 Å². The smallest absolute Gasteiger partial charge is 0.387 e. The van der Waals surface area contributed by atoms with Gasteiger partial charge in [-0.05, 0) is 68.7 Å². The lowest BCUT2D eigenvalue weighted by Crippen LogP contribution is -2.45. The molecule has 15 heteroatoms. The van der Waals surface area contributed by atoms with Gasteiger partial charge in [0.1, 0.15) is 5.52 Å². The number of ether oxygens (including phenoxy) is 1. The summed E-state index contributed by atoms with van der Waals surface area (Å²) >= 11 is 13.1. The molecule has 1 N–H and O–H groups in total. The Kier molecular flexibility index (Phi) is 8.61. The number of aryl methyl sites for hydroxylation is 2. The van der Waals surface area contributed by atoms with Gasteiger partial charge in [-0.15, -0.1) is 0 Å². The number of hydrogen-bond acceptors (Lipinski definition) is 8. The number of aromatic nitrogens is 4. The van der Waals surface area contributed by atoms with Crippen LogP contribution < -0.4 is 15.0 Å². The Morgan fingerprint density at radius 1 is 1.11 bits per heavy atom. The van der Waals surface area contributed by atoms with Gasteiger partial charge in [-0.3, -0.25) is 4.79 Å². The van der Waals surface area contributed by atoms with Gasteiger partial charge in [-0.2, -0.15) is 14.0 Å². The number of nitrogens with zero attached hydrogens (tertiary/aromatic N) is 7. The summed E-state index contributed by atoms with van der Waals surface area (Å²) in [5.41, 5.74) is 4.14. The van der Waals surface area contributed by atoms with Gasteiger partial charge in [0, 0.05) is 77.2 Å². The van der Waals surface area contributed by atoms with Crippen LogP contribution in [0.5, 0.6) is 5.75 Å². The number of rotatable bonds is 9. The van der Waals surface area contributed by atoms with Crippen molar-refractivity contribution in [2.75, 3.05) is 24.5 Å². The van der Waals surface area contributed by atoms with Crippen molar-refractivity contribution >= 4 is 56.9 Å². The maximum atomic E-state index is 17.3. The SMILES string of the molecule is Cc1nc2c(F)c(-c3cccc(Cl)c3Cl)c(CCC#N)cc2c2c1cc(C1C3CC(CN(c4ncc(OC(F)F)cn4)C3)N1C(=O)C1CC1)n2C1C2CNC1C2. The molecule has 0 spiro atoms. The number of carbonyl (C=O) groups is 1. The van der Waals surface area contributed by atoms with Crippen LogP contribution in [0.3, 0.4) is 0 Å². The quantitative estimate of drug-likeness (QED) is 0.159. The van der Waals surface area contributed by atoms with E-state index in [4.69, 9.17) is 28.2 Å². The second-order valence-electron chi connectivity index (χ2n) is 15.9. The number of halogens is 5. The van der Waals surface area contributed by atoms with Crippen molar-refractivity contribution in [1.29, 1.82) is 5.26 Å². The molecule has 2 saturated carbocycles. The lowest BCUT2D eigenvalue weighted by molar-refractivity contribution is -0.135. The topological polar surface area (TPSA) is 112 Å². The average Bonchev–Trinajstić information content (AvgIpc) is 3.46. The van der Waals surface area contributed by atoms with E-state index in [-0.39, 0.29) is 70.2 Å².